The molecule has 1 N–H and O–H groups in total. The first-order valence-corrected chi connectivity index (χ1v) is 7.18. The summed E-state index contributed by atoms with van der Waals surface area (Å²) in [5.41, 5.74) is 0. The van der Waals surface area contributed by atoms with Crippen LogP contribution in [0.4, 0.5) is 0 Å². The van der Waals surface area contributed by atoms with Crippen molar-refractivity contribution in [2.75, 3.05) is 7.11 Å². The van der Waals surface area contributed by atoms with Crippen LogP contribution in [0.1, 0.15) is 32.1 Å². The summed E-state index contributed by atoms with van der Waals surface area (Å²) < 4.78 is 11.9. The molecule has 0 aliphatic heterocycles. The van der Waals surface area contributed by atoms with Crippen molar-refractivity contribution in [3.63, 3.8) is 0 Å². The Morgan fingerprint density at radius 3 is 2.72 bits per heavy atom. The van der Waals surface area contributed by atoms with Gasteiger partial charge in [-0.15, -0.1) is 0 Å². The molecule has 18 heavy (non-hydrogen) atoms. The van der Waals surface area contributed by atoms with Crippen LogP contribution >= 0.6 is 15.9 Å². The fourth-order valence-corrected chi connectivity index (χ4v) is 2.71. The van der Waals surface area contributed by atoms with Crippen molar-refractivity contribution in [2.45, 2.75) is 44.3 Å². The minimum Gasteiger partial charge on any atom is -0.497 e. The van der Waals surface area contributed by atoms with E-state index >= 15 is 0 Å². The third-order valence-electron chi connectivity index (χ3n) is 3.34. The third kappa shape index (κ3) is 3.39. The molecule has 100 valence electrons. The molecule has 3 nitrogen and oxygen atoms in total. The summed E-state index contributed by atoms with van der Waals surface area (Å²) in [6.45, 7) is 0. The first-order chi connectivity index (χ1) is 8.70. The minimum absolute atomic E-state index is 0.0998. The molecule has 0 aromatic heterocycles. The topological polar surface area (TPSA) is 38.7 Å². The molecule has 0 heterocycles. The van der Waals surface area contributed by atoms with Crippen molar-refractivity contribution >= 4 is 15.9 Å². The van der Waals surface area contributed by atoms with Crippen molar-refractivity contribution in [3.8, 4) is 11.5 Å². The maximum Gasteiger partial charge on any atom is 0.134 e. The molecule has 4 heteroatoms. The van der Waals surface area contributed by atoms with E-state index in [-0.39, 0.29) is 12.2 Å². The molecule has 1 fully saturated rings. The molecule has 1 aliphatic carbocycles. The fraction of sp³-hybridized carbons (Fsp3) is 0.571. The second-order valence-electron chi connectivity index (χ2n) is 4.66. The van der Waals surface area contributed by atoms with Crippen LogP contribution < -0.4 is 9.47 Å². The van der Waals surface area contributed by atoms with E-state index in [1.165, 1.54) is 6.42 Å². The Hall–Kier alpha value is -0.740. The Labute approximate surface area is 116 Å². The highest BCUT2D eigenvalue weighted by Gasteiger charge is 2.23. The zero-order chi connectivity index (χ0) is 13.0. The molecule has 1 aliphatic rings. The van der Waals surface area contributed by atoms with Gasteiger partial charge in [0.05, 0.1) is 17.7 Å². The van der Waals surface area contributed by atoms with Gasteiger partial charge in [0.15, 0.2) is 0 Å². The zero-order valence-electron chi connectivity index (χ0n) is 10.6. The molecule has 2 rings (SSSR count). The summed E-state index contributed by atoms with van der Waals surface area (Å²) in [4.78, 5) is 0. The summed E-state index contributed by atoms with van der Waals surface area (Å²) in [5.74, 6) is 1.55. The van der Waals surface area contributed by atoms with Crippen molar-refractivity contribution in [2.24, 2.45) is 0 Å². The van der Waals surface area contributed by atoms with E-state index in [2.05, 4.69) is 15.9 Å². The lowest BCUT2D eigenvalue weighted by atomic mass is 10.1. The molecule has 0 radical (unpaired) electrons. The van der Waals surface area contributed by atoms with E-state index < -0.39 is 0 Å². The lowest BCUT2D eigenvalue weighted by molar-refractivity contribution is 0.0315. The van der Waals surface area contributed by atoms with E-state index in [0.717, 1.165) is 41.7 Å². The highest BCUT2D eigenvalue weighted by atomic mass is 79.9. The van der Waals surface area contributed by atoms with Crippen LogP contribution in [0.2, 0.25) is 0 Å². The van der Waals surface area contributed by atoms with Crippen LogP contribution in [0.15, 0.2) is 22.7 Å². The monoisotopic (exact) mass is 314 g/mol. The van der Waals surface area contributed by atoms with Gasteiger partial charge in [0.1, 0.15) is 17.6 Å². The summed E-state index contributed by atoms with van der Waals surface area (Å²) in [7, 11) is 1.64. The van der Waals surface area contributed by atoms with Crippen LogP contribution in [-0.4, -0.2) is 24.4 Å². The van der Waals surface area contributed by atoms with E-state index in [1.807, 2.05) is 18.2 Å². The first kappa shape index (κ1) is 13.7. The van der Waals surface area contributed by atoms with Crippen LogP contribution in [0.5, 0.6) is 11.5 Å². The maximum absolute atomic E-state index is 10.0. The van der Waals surface area contributed by atoms with Gasteiger partial charge in [0, 0.05) is 0 Å². The highest BCUT2D eigenvalue weighted by Crippen LogP contribution is 2.32. The Morgan fingerprint density at radius 2 is 2.00 bits per heavy atom. The van der Waals surface area contributed by atoms with Crippen molar-refractivity contribution in [3.05, 3.63) is 22.7 Å². The van der Waals surface area contributed by atoms with Gasteiger partial charge in [-0.25, -0.2) is 0 Å². The molecule has 2 unspecified atom stereocenters. The molecule has 0 bridgehead atoms. The smallest absolute Gasteiger partial charge is 0.134 e. The van der Waals surface area contributed by atoms with E-state index in [1.54, 1.807) is 7.11 Å². The number of aliphatic hydroxyl groups is 1. The first-order valence-electron chi connectivity index (χ1n) is 6.39. The molecule has 0 saturated heterocycles. The van der Waals surface area contributed by atoms with Gasteiger partial charge in [-0.05, 0) is 53.4 Å². The molecular formula is C14H19BrO3. The second kappa shape index (κ2) is 6.43. The molecule has 1 aromatic carbocycles. The van der Waals surface area contributed by atoms with Gasteiger partial charge in [0.25, 0.3) is 0 Å². The van der Waals surface area contributed by atoms with E-state index in [4.69, 9.17) is 9.47 Å². The molecular weight excluding hydrogens is 296 g/mol. The molecule has 1 saturated carbocycles. The number of hydrogen-bond acceptors (Lipinski definition) is 3. The van der Waals surface area contributed by atoms with Gasteiger partial charge in [0.2, 0.25) is 0 Å². The minimum atomic E-state index is -0.360. The van der Waals surface area contributed by atoms with Gasteiger partial charge in [-0.1, -0.05) is 12.8 Å². The average Bonchev–Trinajstić information content (AvgIpc) is 2.57. The highest BCUT2D eigenvalue weighted by molar-refractivity contribution is 9.10. The number of ether oxygens (including phenoxy) is 2. The maximum atomic E-state index is 10.0. The molecule has 0 spiro atoms. The quantitative estimate of drug-likeness (QED) is 0.867. The number of methoxy groups -OCH3 is 1. The Kier molecular flexibility index (Phi) is 4.89. The largest absolute Gasteiger partial charge is 0.497 e. The van der Waals surface area contributed by atoms with Crippen LogP contribution in [0, 0.1) is 0 Å². The van der Waals surface area contributed by atoms with Crippen LogP contribution in [0.25, 0.3) is 0 Å². The molecule has 1 aromatic rings. The van der Waals surface area contributed by atoms with Crippen molar-refractivity contribution in [1.82, 2.24) is 0 Å². The average molecular weight is 315 g/mol. The summed E-state index contributed by atoms with van der Waals surface area (Å²) in [6, 6.07) is 5.61. The number of rotatable bonds is 3. The Balaban J connectivity index is 2.07. The molecule has 0 amide bonds. The van der Waals surface area contributed by atoms with Gasteiger partial charge in [-0.3, -0.25) is 0 Å². The van der Waals surface area contributed by atoms with Crippen LogP contribution in [-0.2, 0) is 0 Å². The lowest BCUT2D eigenvalue weighted by Crippen LogP contribution is -2.30. The van der Waals surface area contributed by atoms with Crippen molar-refractivity contribution in [1.29, 1.82) is 0 Å². The molecule has 2 atom stereocenters. The summed E-state index contributed by atoms with van der Waals surface area (Å²) >= 11 is 3.47. The SMILES string of the molecule is COc1ccc(OC2CCCCCC2O)c(Br)c1. The third-order valence-corrected chi connectivity index (χ3v) is 3.95. The zero-order valence-corrected chi connectivity index (χ0v) is 12.1. The Bertz CT molecular complexity index is 395. The van der Waals surface area contributed by atoms with Gasteiger partial charge >= 0.3 is 0 Å². The van der Waals surface area contributed by atoms with Crippen molar-refractivity contribution < 1.29 is 14.6 Å². The predicted molar refractivity (Wildman–Crippen MR) is 74.2 cm³/mol. The van der Waals surface area contributed by atoms with E-state index in [0.29, 0.717) is 0 Å². The van der Waals surface area contributed by atoms with Gasteiger partial charge < -0.3 is 14.6 Å². The fourth-order valence-electron chi connectivity index (χ4n) is 2.26. The number of hydrogen-bond donors (Lipinski definition) is 1. The standard InChI is InChI=1S/C14H19BrO3/c1-17-10-7-8-13(11(15)9-10)18-14-6-4-2-3-5-12(14)16/h7-9,12,14,16H,2-6H2,1H3. The lowest BCUT2D eigenvalue weighted by Gasteiger charge is -2.22. The predicted octanol–water partition coefficient (Wildman–Crippen LogP) is 3.53. The van der Waals surface area contributed by atoms with E-state index in [9.17, 15) is 5.11 Å². The summed E-state index contributed by atoms with van der Waals surface area (Å²) in [6.07, 6.45) is 4.68. The second-order valence-corrected chi connectivity index (χ2v) is 5.51. The Morgan fingerprint density at radius 1 is 1.22 bits per heavy atom. The normalized spacial score (nSPS) is 24.4. The number of aliphatic hydroxyl groups excluding tert-OH is 1. The number of benzene rings is 1. The van der Waals surface area contributed by atoms with Gasteiger partial charge in [-0.2, -0.15) is 0 Å². The summed E-state index contributed by atoms with van der Waals surface area (Å²) in [5, 5.41) is 10.0. The van der Waals surface area contributed by atoms with Crippen LogP contribution in [0.3, 0.4) is 0 Å². The number of halogens is 1.